The van der Waals surface area contributed by atoms with Crippen molar-refractivity contribution < 1.29 is 9.47 Å². The van der Waals surface area contributed by atoms with E-state index < -0.39 is 0 Å². The van der Waals surface area contributed by atoms with Crippen LogP contribution >= 0.6 is 15.9 Å². The number of methoxy groups -OCH3 is 1. The first kappa shape index (κ1) is 15.5. The monoisotopic (exact) mass is 315 g/mol. The Bertz CT molecular complexity index is 371. The fourth-order valence-electron chi connectivity index (χ4n) is 1.97. The van der Waals surface area contributed by atoms with Gasteiger partial charge in [0.05, 0.1) is 17.7 Å². The molecule has 2 atom stereocenters. The molecule has 1 aromatic carbocycles. The van der Waals surface area contributed by atoms with Crippen molar-refractivity contribution >= 4 is 15.9 Å². The fraction of sp³-hybridized carbons (Fsp3) is 0.571. The summed E-state index contributed by atoms with van der Waals surface area (Å²) in [6.45, 7) is 4.86. The highest BCUT2D eigenvalue weighted by Gasteiger charge is 2.16. The number of hydrogen-bond donors (Lipinski definition) is 1. The van der Waals surface area contributed by atoms with Crippen molar-refractivity contribution in [1.29, 1.82) is 0 Å². The lowest BCUT2D eigenvalue weighted by Gasteiger charge is -2.23. The van der Waals surface area contributed by atoms with E-state index in [1.54, 1.807) is 7.11 Å². The smallest absolute Gasteiger partial charge is 0.133 e. The van der Waals surface area contributed by atoms with Gasteiger partial charge >= 0.3 is 0 Å². The lowest BCUT2D eigenvalue weighted by Crippen LogP contribution is -2.39. The molecule has 102 valence electrons. The van der Waals surface area contributed by atoms with Crippen LogP contribution in [-0.2, 0) is 11.2 Å². The van der Waals surface area contributed by atoms with Crippen molar-refractivity contribution in [3.05, 3.63) is 28.2 Å². The molecule has 0 heterocycles. The zero-order chi connectivity index (χ0) is 13.5. The van der Waals surface area contributed by atoms with Crippen molar-refractivity contribution in [2.24, 2.45) is 0 Å². The molecule has 1 rings (SSSR count). The molecule has 0 radical (unpaired) electrons. The van der Waals surface area contributed by atoms with Crippen molar-refractivity contribution in [3.8, 4) is 5.75 Å². The summed E-state index contributed by atoms with van der Waals surface area (Å²) >= 11 is 3.51. The predicted octanol–water partition coefficient (Wildman–Crippen LogP) is 3.01. The first-order valence-electron chi connectivity index (χ1n) is 6.23. The summed E-state index contributed by atoms with van der Waals surface area (Å²) in [6.07, 6.45) is 1.13. The maximum Gasteiger partial charge on any atom is 0.133 e. The lowest BCUT2D eigenvalue weighted by atomic mass is 10.0. The molecule has 4 heteroatoms. The van der Waals surface area contributed by atoms with Crippen LogP contribution in [0.3, 0.4) is 0 Å². The zero-order valence-corrected chi connectivity index (χ0v) is 13.1. The van der Waals surface area contributed by atoms with E-state index in [1.165, 1.54) is 5.56 Å². The molecular formula is C14H22BrNO2. The van der Waals surface area contributed by atoms with Gasteiger partial charge in [0.2, 0.25) is 0 Å². The molecular weight excluding hydrogens is 294 g/mol. The summed E-state index contributed by atoms with van der Waals surface area (Å²) < 4.78 is 11.9. The Morgan fingerprint density at radius 2 is 2.11 bits per heavy atom. The number of halogens is 1. The third-order valence-corrected chi connectivity index (χ3v) is 3.66. The number of benzene rings is 1. The van der Waals surface area contributed by atoms with Gasteiger partial charge < -0.3 is 14.8 Å². The van der Waals surface area contributed by atoms with Crippen molar-refractivity contribution in [3.63, 3.8) is 0 Å². The average Bonchev–Trinajstić information content (AvgIpc) is 2.36. The predicted molar refractivity (Wildman–Crippen MR) is 78.3 cm³/mol. The van der Waals surface area contributed by atoms with Crippen LogP contribution in [0.5, 0.6) is 5.75 Å². The average molecular weight is 316 g/mol. The molecule has 0 saturated heterocycles. The molecule has 0 aromatic heterocycles. The van der Waals surface area contributed by atoms with Crippen molar-refractivity contribution in [2.75, 3.05) is 20.8 Å². The van der Waals surface area contributed by atoms with Crippen molar-refractivity contribution in [1.82, 2.24) is 5.32 Å². The molecule has 3 nitrogen and oxygen atoms in total. The van der Waals surface area contributed by atoms with Gasteiger partial charge in [-0.15, -0.1) is 0 Å². The van der Waals surface area contributed by atoms with E-state index in [-0.39, 0.29) is 6.10 Å². The third kappa shape index (κ3) is 4.26. The molecule has 0 amide bonds. The van der Waals surface area contributed by atoms with Crippen LogP contribution in [-0.4, -0.2) is 32.9 Å². The van der Waals surface area contributed by atoms with E-state index in [2.05, 4.69) is 40.3 Å². The molecule has 0 spiro atoms. The van der Waals surface area contributed by atoms with Gasteiger partial charge in [-0.3, -0.25) is 0 Å². The summed E-state index contributed by atoms with van der Waals surface area (Å²) in [5.41, 5.74) is 1.26. The Balaban J connectivity index is 2.72. The van der Waals surface area contributed by atoms with Crippen LogP contribution < -0.4 is 10.1 Å². The van der Waals surface area contributed by atoms with Crippen molar-refractivity contribution in [2.45, 2.75) is 32.4 Å². The van der Waals surface area contributed by atoms with Gasteiger partial charge in [-0.25, -0.2) is 0 Å². The Labute approximate surface area is 118 Å². The minimum atomic E-state index is 0.195. The van der Waals surface area contributed by atoms with Gasteiger partial charge in [0.25, 0.3) is 0 Å². The van der Waals surface area contributed by atoms with Crippen LogP contribution in [0, 0.1) is 0 Å². The zero-order valence-electron chi connectivity index (χ0n) is 11.5. The Morgan fingerprint density at radius 3 is 2.61 bits per heavy atom. The topological polar surface area (TPSA) is 30.5 Å². The molecule has 0 fully saturated rings. The summed E-state index contributed by atoms with van der Waals surface area (Å²) in [6, 6.07) is 6.48. The van der Waals surface area contributed by atoms with Gasteiger partial charge in [0.1, 0.15) is 5.75 Å². The minimum absolute atomic E-state index is 0.195. The maximum absolute atomic E-state index is 5.64. The van der Waals surface area contributed by atoms with E-state index in [0.29, 0.717) is 6.04 Å². The first-order chi connectivity index (χ1) is 8.62. The van der Waals surface area contributed by atoms with Gasteiger partial charge in [0.15, 0.2) is 0 Å². The lowest BCUT2D eigenvalue weighted by molar-refractivity contribution is 0.0496. The number of likely N-dealkylation sites (N-methyl/N-ethyl adjacent to an activating group) is 1. The number of rotatable bonds is 7. The molecule has 0 aliphatic carbocycles. The maximum atomic E-state index is 5.64. The molecule has 0 bridgehead atoms. The fourth-order valence-corrected chi connectivity index (χ4v) is 2.56. The molecule has 1 aromatic rings. The van der Waals surface area contributed by atoms with E-state index in [9.17, 15) is 0 Å². The van der Waals surface area contributed by atoms with Gasteiger partial charge in [-0.1, -0.05) is 6.07 Å². The summed E-state index contributed by atoms with van der Waals surface area (Å²) in [7, 11) is 3.64. The van der Waals surface area contributed by atoms with E-state index >= 15 is 0 Å². The van der Waals surface area contributed by atoms with E-state index in [0.717, 1.165) is 23.2 Å². The molecule has 1 N–H and O–H groups in total. The van der Waals surface area contributed by atoms with Crippen LogP contribution in [0.15, 0.2) is 22.7 Å². The quantitative estimate of drug-likeness (QED) is 0.839. The number of nitrogens with one attached hydrogen (secondary N) is 1. The second kappa shape index (κ2) is 7.77. The highest BCUT2D eigenvalue weighted by molar-refractivity contribution is 9.10. The van der Waals surface area contributed by atoms with Crippen LogP contribution in [0.25, 0.3) is 0 Å². The van der Waals surface area contributed by atoms with Gasteiger partial charge in [0, 0.05) is 12.6 Å². The highest BCUT2D eigenvalue weighted by atomic mass is 79.9. The Morgan fingerprint density at radius 1 is 1.39 bits per heavy atom. The van der Waals surface area contributed by atoms with Gasteiger partial charge in [-0.2, -0.15) is 0 Å². The molecule has 0 aliphatic rings. The molecule has 2 unspecified atom stereocenters. The molecule has 0 saturated carbocycles. The molecule has 18 heavy (non-hydrogen) atoms. The SMILES string of the molecule is CCOC(C)C(Cc1ccc(OC)c(Br)c1)NC. The summed E-state index contributed by atoms with van der Waals surface area (Å²) in [4.78, 5) is 0. The Kier molecular flexibility index (Phi) is 6.68. The molecule has 0 aliphatic heterocycles. The van der Waals surface area contributed by atoms with Crippen LogP contribution in [0.2, 0.25) is 0 Å². The Hall–Kier alpha value is -0.580. The van der Waals surface area contributed by atoms with Gasteiger partial charge in [-0.05, 0) is 60.9 Å². The third-order valence-electron chi connectivity index (χ3n) is 3.04. The van der Waals surface area contributed by atoms with Crippen LogP contribution in [0.4, 0.5) is 0 Å². The summed E-state index contributed by atoms with van der Waals surface area (Å²) in [5, 5.41) is 3.31. The minimum Gasteiger partial charge on any atom is -0.496 e. The standard InChI is InChI=1S/C14H22BrNO2/c1-5-18-10(2)13(16-3)9-11-6-7-14(17-4)12(15)8-11/h6-8,10,13,16H,5,9H2,1-4H3. The van der Waals surface area contributed by atoms with E-state index in [4.69, 9.17) is 9.47 Å². The second-order valence-corrected chi connectivity index (χ2v) is 5.08. The normalized spacial score (nSPS) is 14.3. The van der Waals surface area contributed by atoms with E-state index in [1.807, 2.05) is 20.0 Å². The largest absolute Gasteiger partial charge is 0.496 e. The number of ether oxygens (including phenoxy) is 2. The second-order valence-electron chi connectivity index (χ2n) is 4.23. The highest BCUT2D eigenvalue weighted by Crippen LogP contribution is 2.26. The van der Waals surface area contributed by atoms with Crippen LogP contribution in [0.1, 0.15) is 19.4 Å². The first-order valence-corrected chi connectivity index (χ1v) is 7.03. The number of hydrogen-bond acceptors (Lipinski definition) is 3. The summed E-state index contributed by atoms with van der Waals surface area (Å²) in [5.74, 6) is 0.859.